The molecule has 2 unspecified atom stereocenters. The Kier molecular flexibility index (Phi) is 13.1. The first kappa shape index (κ1) is 48.1. The fourth-order valence-corrected chi connectivity index (χ4v) is 10.8. The number of alkyl halides is 4. The molecule has 3 aromatic carbocycles. The molecule has 4 aliphatic rings. The molecule has 4 fully saturated rings. The van der Waals surface area contributed by atoms with Gasteiger partial charge in [-0.3, -0.25) is 9.80 Å². The third-order valence-corrected chi connectivity index (χ3v) is 13.9. The van der Waals surface area contributed by atoms with Gasteiger partial charge in [0.1, 0.15) is 47.0 Å². The van der Waals surface area contributed by atoms with Crippen molar-refractivity contribution >= 4 is 46.3 Å². The van der Waals surface area contributed by atoms with Gasteiger partial charge in [0.2, 0.25) is 0 Å². The van der Waals surface area contributed by atoms with Gasteiger partial charge in [-0.1, -0.05) is 48.5 Å². The first-order valence-electron chi connectivity index (χ1n) is 23.1. The predicted octanol–water partition coefficient (Wildman–Crippen LogP) is 10.9. The highest BCUT2D eigenvalue weighted by Crippen LogP contribution is 2.47. The number of piperazine rings is 1. The topological polar surface area (TPSA) is 106 Å². The molecule has 2 aromatic heterocycles. The highest BCUT2D eigenvalue weighted by molar-refractivity contribution is 6.34. The van der Waals surface area contributed by atoms with Crippen LogP contribution in [0.5, 0.6) is 17.5 Å². The maximum atomic E-state index is 18.0. The number of nitrogens with zero attached hydrogens (tertiary/aromatic N) is 7. The zero-order valence-corrected chi connectivity index (χ0v) is 40.0. The Bertz CT molecular complexity index is 2680. The number of ether oxygens (including phenoxy) is 4. The van der Waals surface area contributed by atoms with E-state index < -0.39 is 52.2 Å². The Labute approximate surface area is 403 Å². The highest BCUT2D eigenvalue weighted by Gasteiger charge is 2.50. The molecule has 366 valence electrons. The van der Waals surface area contributed by atoms with E-state index in [0.717, 1.165) is 23.6 Å². The summed E-state index contributed by atoms with van der Waals surface area (Å²) in [4.78, 5) is 35.0. The van der Waals surface area contributed by atoms with Crippen molar-refractivity contribution in [2.24, 2.45) is 0 Å². The van der Waals surface area contributed by atoms with E-state index >= 15 is 17.6 Å². The molecule has 69 heavy (non-hydrogen) atoms. The van der Waals surface area contributed by atoms with Gasteiger partial charge in [0.05, 0.1) is 53.7 Å². The van der Waals surface area contributed by atoms with Gasteiger partial charge in [0, 0.05) is 44.5 Å². The van der Waals surface area contributed by atoms with Crippen molar-refractivity contribution < 1.29 is 45.7 Å². The summed E-state index contributed by atoms with van der Waals surface area (Å²) in [7, 11) is 3.10. The van der Waals surface area contributed by atoms with Crippen molar-refractivity contribution in [2.45, 2.75) is 102 Å². The number of amides is 1. The molecule has 5 aromatic rings. The smallest absolute Gasteiger partial charge is 0.419 e. The molecule has 9 rings (SSSR count). The molecule has 4 atom stereocenters. The van der Waals surface area contributed by atoms with Crippen LogP contribution in [-0.4, -0.2) is 107 Å². The average Bonchev–Trinajstić information content (AvgIpc) is 3.93. The Hall–Kier alpha value is -5.94. The fraction of sp³-hybridized carbons (Fsp3) is 0.451. The van der Waals surface area contributed by atoms with Gasteiger partial charge in [-0.25, -0.2) is 18.6 Å². The quantitative estimate of drug-likeness (QED) is 0.105. The van der Waals surface area contributed by atoms with Crippen LogP contribution in [0.25, 0.3) is 28.2 Å². The molecule has 0 radical (unpaired) electrons. The molecule has 2 bridgehead atoms. The standard InChI is InChI=1S/C51H55ClF5N7O5/c1-7-32-21-40(61(24-30-9-15-36(66-5)16-10-30)25-31-11-17-37(67-6)18-12-31)58-45(42(32)51(55,56)57)41-39(52)22-38-44(43(41)54)59-47(68-29-50-19-8-20-63(50)26-33(53)23-50)60-46(38)62-27-34-13-14-35(28-62)64(34)48(65)69-49(2,3)4/h7,9-12,15-18,21-22,33-35H,1,8,13-14,19-20,23-29H2,2-6H3/t33-,34?,35?,50+/m1/s1. The zero-order chi connectivity index (χ0) is 49.0. The molecule has 12 nitrogen and oxygen atoms in total. The van der Waals surface area contributed by atoms with Crippen LogP contribution in [0.3, 0.4) is 0 Å². The van der Waals surface area contributed by atoms with Crippen molar-refractivity contribution in [3.8, 4) is 28.8 Å². The number of anilines is 2. The number of fused-ring (bicyclic) bond motifs is 4. The lowest BCUT2D eigenvalue weighted by atomic mass is 9.95. The molecule has 0 saturated carbocycles. The third kappa shape index (κ3) is 9.68. The van der Waals surface area contributed by atoms with Crippen molar-refractivity contribution in [2.75, 3.05) is 56.8 Å². The summed E-state index contributed by atoms with van der Waals surface area (Å²) in [5.74, 6) is 0.383. The average molecular weight is 976 g/mol. The number of hydrogen-bond acceptors (Lipinski definition) is 11. The maximum absolute atomic E-state index is 18.0. The normalized spacial score (nSPS) is 21.4. The van der Waals surface area contributed by atoms with Crippen molar-refractivity contribution in [3.63, 3.8) is 0 Å². The number of pyridine rings is 1. The van der Waals surface area contributed by atoms with E-state index in [1.54, 1.807) is 69.1 Å². The molecular weight excluding hydrogens is 921 g/mol. The van der Waals surface area contributed by atoms with Crippen molar-refractivity contribution in [3.05, 3.63) is 100 Å². The van der Waals surface area contributed by atoms with Gasteiger partial charge >= 0.3 is 18.3 Å². The maximum Gasteiger partial charge on any atom is 0.419 e. The lowest BCUT2D eigenvalue weighted by molar-refractivity contribution is -0.137. The third-order valence-electron chi connectivity index (χ3n) is 13.6. The second-order valence-corrected chi connectivity index (χ2v) is 19.8. The first-order valence-corrected chi connectivity index (χ1v) is 23.5. The minimum Gasteiger partial charge on any atom is -0.497 e. The SMILES string of the molecule is C=Cc1cc(N(Cc2ccc(OC)cc2)Cc2ccc(OC)cc2)nc(-c2c(Cl)cc3c(N4CC5CCC(C4)N5C(=O)OC(C)(C)C)nc(OC[C@@]45CCCN4C[C@H](F)C5)nc3c2F)c1C(F)(F)F. The zero-order valence-electron chi connectivity index (χ0n) is 39.2. The monoisotopic (exact) mass is 975 g/mol. The number of aromatic nitrogens is 3. The summed E-state index contributed by atoms with van der Waals surface area (Å²) in [6, 6.07) is 16.3. The summed E-state index contributed by atoms with van der Waals surface area (Å²) in [6.07, 6.45) is -2.33. The number of hydrogen-bond donors (Lipinski definition) is 0. The van der Waals surface area contributed by atoms with Crippen LogP contribution in [0, 0.1) is 5.82 Å². The summed E-state index contributed by atoms with van der Waals surface area (Å²) in [6.45, 7) is 11.1. The fourth-order valence-electron chi connectivity index (χ4n) is 10.5. The van der Waals surface area contributed by atoms with Gasteiger partial charge in [0.15, 0.2) is 5.82 Å². The minimum atomic E-state index is -5.05. The number of rotatable bonds is 13. The number of carbonyl (C=O) groups excluding carboxylic acids is 1. The van der Waals surface area contributed by atoms with Crippen LogP contribution < -0.4 is 24.0 Å². The molecular formula is C51H55ClF5N7O5. The molecule has 0 aliphatic carbocycles. The summed E-state index contributed by atoms with van der Waals surface area (Å²) < 4.78 is 102. The minimum absolute atomic E-state index is 0.0147. The summed E-state index contributed by atoms with van der Waals surface area (Å²) in [5, 5.41) is -0.241. The van der Waals surface area contributed by atoms with Crippen LogP contribution in [0.1, 0.15) is 75.1 Å². The number of carbonyl (C=O) groups is 1. The first-order chi connectivity index (χ1) is 32.9. The van der Waals surface area contributed by atoms with Gasteiger partial charge in [-0.05, 0) is 106 Å². The van der Waals surface area contributed by atoms with E-state index in [2.05, 4.69) is 21.4 Å². The van der Waals surface area contributed by atoms with Crippen LogP contribution >= 0.6 is 11.6 Å². The molecule has 6 heterocycles. The molecule has 4 saturated heterocycles. The number of methoxy groups -OCH3 is 2. The molecule has 18 heteroatoms. The van der Waals surface area contributed by atoms with Crippen LogP contribution in [-0.2, 0) is 24.0 Å². The van der Waals surface area contributed by atoms with Gasteiger partial charge < -0.3 is 28.7 Å². The summed E-state index contributed by atoms with van der Waals surface area (Å²) >= 11 is 7.05. The van der Waals surface area contributed by atoms with E-state index in [1.807, 2.05) is 29.2 Å². The largest absolute Gasteiger partial charge is 0.497 e. The molecule has 4 aliphatic heterocycles. The van der Waals surface area contributed by atoms with Crippen LogP contribution in [0.4, 0.5) is 38.4 Å². The molecule has 1 amide bonds. The van der Waals surface area contributed by atoms with E-state index in [4.69, 9.17) is 35.5 Å². The van der Waals surface area contributed by atoms with Crippen LogP contribution in [0.15, 0.2) is 67.2 Å². The van der Waals surface area contributed by atoms with E-state index in [9.17, 15) is 9.18 Å². The Morgan fingerprint density at radius 2 is 1.55 bits per heavy atom. The number of halogens is 6. The number of benzene rings is 3. The van der Waals surface area contributed by atoms with E-state index in [1.165, 1.54) is 12.1 Å². The second kappa shape index (κ2) is 18.8. The van der Waals surface area contributed by atoms with Crippen LogP contribution in [0.2, 0.25) is 5.02 Å². The van der Waals surface area contributed by atoms with E-state index in [-0.39, 0.29) is 97.0 Å². The highest BCUT2D eigenvalue weighted by atomic mass is 35.5. The molecule has 0 spiro atoms. The molecule has 0 N–H and O–H groups in total. The van der Waals surface area contributed by atoms with Crippen molar-refractivity contribution in [1.29, 1.82) is 0 Å². The van der Waals surface area contributed by atoms with Gasteiger partial charge in [0.25, 0.3) is 0 Å². The predicted molar refractivity (Wildman–Crippen MR) is 254 cm³/mol. The Balaban J connectivity index is 1.18. The summed E-state index contributed by atoms with van der Waals surface area (Å²) in [5.41, 5.74) is -3.07. The van der Waals surface area contributed by atoms with Crippen molar-refractivity contribution in [1.82, 2.24) is 24.8 Å². The lowest BCUT2D eigenvalue weighted by Crippen LogP contribution is -2.57. The Morgan fingerprint density at radius 1 is 0.928 bits per heavy atom. The Morgan fingerprint density at radius 3 is 2.12 bits per heavy atom. The van der Waals surface area contributed by atoms with Gasteiger partial charge in [-0.2, -0.15) is 23.1 Å². The second-order valence-electron chi connectivity index (χ2n) is 19.4. The van der Waals surface area contributed by atoms with Gasteiger partial charge in [-0.15, -0.1) is 0 Å². The lowest BCUT2D eigenvalue weighted by Gasteiger charge is -2.42. The van der Waals surface area contributed by atoms with E-state index in [0.29, 0.717) is 37.3 Å².